The Hall–Kier alpha value is -2.90. The maximum absolute atomic E-state index is 13.2. The van der Waals surface area contributed by atoms with Gasteiger partial charge in [0.1, 0.15) is 5.58 Å². The molecule has 2 amide bonds. The predicted molar refractivity (Wildman–Crippen MR) is 92.3 cm³/mol. The second kappa shape index (κ2) is 5.56. The number of fused-ring (bicyclic) bond motifs is 2. The summed E-state index contributed by atoms with van der Waals surface area (Å²) in [5.74, 6) is -1.54. The SMILES string of the molecule is O=C1[C@@H]2[C@H](C(=O)N1c1ccc3c(C(F)(F)F)cc(=O)oc3c1)[C@@H]1C=C[C@H]2CC1. The highest BCUT2D eigenvalue weighted by molar-refractivity contribution is 6.23. The van der Waals surface area contributed by atoms with E-state index in [4.69, 9.17) is 4.42 Å². The zero-order valence-electron chi connectivity index (χ0n) is 14.4. The summed E-state index contributed by atoms with van der Waals surface area (Å²) in [6.07, 6.45) is 0.931. The molecule has 0 unspecified atom stereocenters. The molecule has 5 nitrogen and oxygen atoms in total. The first-order valence-corrected chi connectivity index (χ1v) is 8.97. The molecule has 4 atom stereocenters. The maximum Gasteiger partial charge on any atom is 0.417 e. The largest absolute Gasteiger partial charge is 0.423 e. The van der Waals surface area contributed by atoms with E-state index in [1.165, 1.54) is 6.07 Å². The minimum Gasteiger partial charge on any atom is -0.423 e. The number of anilines is 1. The second-order valence-corrected chi connectivity index (χ2v) is 7.51. The van der Waals surface area contributed by atoms with E-state index in [9.17, 15) is 27.6 Å². The average molecular weight is 389 g/mol. The van der Waals surface area contributed by atoms with Crippen LogP contribution in [0.2, 0.25) is 0 Å². The number of benzene rings is 1. The highest BCUT2D eigenvalue weighted by Gasteiger charge is 2.56. The van der Waals surface area contributed by atoms with E-state index in [1.807, 2.05) is 12.2 Å². The molecule has 1 saturated heterocycles. The molecule has 0 radical (unpaired) electrons. The molecule has 1 saturated carbocycles. The van der Waals surface area contributed by atoms with Gasteiger partial charge in [0.2, 0.25) is 11.8 Å². The number of imide groups is 1. The third-order valence-corrected chi connectivity index (χ3v) is 6.05. The summed E-state index contributed by atoms with van der Waals surface area (Å²) in [5.41, 5.74) is -2.44. The Balaban J connectivity index is 1.62. The summed E-state index contributed by atoms with van der Waals surface area (Å²) in [4.78, 5) is 38.6. The fraction of sp³-hybridized carbons (Fsp3) is 0.350. The van der Waals surface area contributed by atoms with Crippen LogP contribution in [0.4, 0.5) is 18.9 Å². The van der Waals surface area contributed by atoms with Crippen LogP contribution in [-0.4, -0.2) is 11.8 Å². The minimum atomic E-state index is -4.73. The fourth-order valence-corrected chi connectivity index (χ4v) is 4.85. The van der Waals surface area contributed by atoms with Crippen molar-refractivity contribution in [1.29, 1.82) is 0 Å². The highest BCUT2D eigenvalue weighted by Crippen LogP contribution is 2.50. The van der Waals surface area contributed by atoms with Crippen LogP contribution in [0.5, 0.6) is 0 Å². The molecule has 2 bridgehead atoms. The Morgan fingerprint density at radius 3 is 2.07 bits per heavy atom. The van der Waals surface area contributed by atoms with E-state index in [-0.39, 0.29) is 40.3 Å². The van der Waals surface area contributed by atoms with Crippen LogP contribution in [0.15, 0.2) is 45.6 Å². The van der Waals surface area contributed by atoms with Crippen molar-refractivity contribution in [3.05, 3.63) is 52.4 Å². The van der Waals surface area contributed by atoms with Gasteiger partial charge < -0.3 is 4.42 Å². The molecular formula is C20H14F3NO4. The molecule has 28 heavy (non-hydrogen) atoms. The maximum atomic E-state index is 13.2. The zero-order valence-corrected chi connectivity index (χ0v) is 14.4. The van der Waals surface area contributed by atoms with Gasteiger partial charge in [-0.2, -0.15) is 13.2 Å². The number of rotatable bonds is 1. The molecular weight excluding hydrogens is 375 g/mol. The lowest BCUT2D eigenvalue weighted by molar-refractivity contribution is -0.136. The van der Waals surface area contributed by atoms with Gasteiger partial charge in [0.15, 0.2) is 0 Å². The first kappa shape index (κ1) is 17.2. The van der Waals surface area contributed by atoms with Crippen LogP contribution in [0.25, 0.3) is 11.0 Å². The number of allylic oxidation sites excluding steroid dienone is 2. The normalized spacial score (nSPS) is 29.0. The van der Waals surface area contributed by atoms with Gasteiger partial charge in [-0.1, -0.05) is 12.2 Å². The van der Waals surface area contributed by atoms with Gasteiger partial charge in [0.25, 0.3) is 0 Å². The predicted octanol–water partition coefficient (Wildman–Crippen LogP) is 3.51. The quantitative estimate of drug-likeness (QED) is 0.425. The second-order valence-electron chi connectivity index (χ2n) is 7.51. The van der Waals surface area contributed by atoms with Gasteiger partial charge in [-0.3, -0.25) is 9.59 Å². The average Bonchev–Trinajstić information content (AvgIpc) is 2.94. The van der Waals surface area contributed by atoms with Crippen molar-refractivity contribution in [2.75, 3.05) is 4.90 Å². The molecule has 0 spiro atoms. The summed E-state index contributed by atoms with van der Waals surface area (Å²) in [7, 11) is 0. The highest BCUT2D eigenvalue weighted by atomic mass is 19.4. The smallest absolute Gasteiger partial charge is 0.417 e. The van der Waals surface area contributed by atoms with E-state index in [2.05, 4.69) is 0 Å². The monoisotopic (exact) mass is 389 g/mol. The van der Waals surface area contributed by atoms with Gasteiger partial charge >= 0.3 is 11.8 Å². The zero-order chi connectivity index (χ0) is 19.8. The number of nitrogens with zero attached hydrogens (tertiary/aromatic N) is 1. The topological polar surface area (TPSA) is 67.6 Å². The Labute approximate surface area is 156 Å². The van der Waals surface area contributed by atoms with Crippen molar-refractivity contribution in [2.45, 2.75) is 19.0 Å². The minimum absolute atomic E-state index is 0.00618. The number of hydrogen-bond donors (Lipinski definition) is 0. The van der Waals surface area contributed by atoms with Gasteiger partial charge in [-0.25, -0.2) is 9.69 Å². The Bertz CT molecular complexity index is 1080. The van der Waals surface area contributed by atoms with Crippen molar-refractivity contribution in [3.8, 4) is 0 Å². The van der Waals surface area contributed by atoms with Crippen LogP contribution in [0.3, 0.4) is 0 Å². The summed E-state index contributed by atoms with van der Waals surface area (Å²) in [6, 6.07) is 3.98. The van der Waals surface area contributed by atoms with Crippen molar-refractivity contribution < 1.29 is 27.2 Å². The molecule has 0 N–H and O–H groups in total. The lowest BCUT2D eigenvalue weighted by atomic mass is 9.63. The van der Waals surface area contributed by atoms with Crippen molar-refractivity contribution in [3.63, 3.8) is 0 Å². The van der Waals surface area contributed by atoms with Gasteiger partial charge in [-0.05, 0) is 36.8 Å². The molecule has 144 valence electrons. The Morgan fingerprint density at radius 1 is 0.929 bits per heavy atom. The van der Waals surface area contributed by atoms with Crippen molar-refractivity contribution in [1.82, 2.24) is 0 Å². The van der Waals surface area contributed by atoms with Crippen molar-refractivity contribution >= 4 is 28.5 Å². The number of carbonyl (C=O) groups excluding carboxylic acids is 2. The molecule has 4 aliphatic rings. The number of amides is 2. The molecule has 2 heterocycles. The number of carbonyl (C=O) groups is 2. The molecule has 1 aromatic heterocycles. The molecule has 2 fully saturated rings. The Kier molecular flexibility index (Phi) is 3.42. The van der Waals surface area contributed by atoms with E-state index < -0.39 is 29.2 Å². The van der Waals surface area contributed by atoms with Crippen LogP contribution in [0, 0.1) is 23.7 Å². The molecule has 6 rings (SSSR count). The third kappa shape index (κ3) is 2.30. The summed E-state index contributed by atoms with van der Waals surface area (Å²) in [5, 5.41) is -0.297. The van der Waals surface area contributed by atoms with Crippen LogP contribution < -0.4 is 10.5 Å². The first-order chi connectivity index (χ1) is 13.3. The van der Waals surface area contributed by atoms with Gasteiger partial charge in [0, 0.05) is 17.5 Å². The van der Waals surface area contributed by atoms with E-state index in [1.54, 1.807) is 0 Å². The molecule has 3 aliphatic carbocycles. The number of halogens is 3. The van der Waals surface area contributed by atoms with Gasteiger partial charge in [0.05, 0.1) is 23.1 Å². The fourth-order valence-electron chi connectivity index (χ4n) is 4.85. The third-order valence-electron chi connectivity index (χ3n) is 6.05. The van der Waals surface area contributed by atoms with Gasteiger partial charge in [-0.15, -0.1) is 0 Å². The lowest BCUT2D eigenvalue weighted by Gasteiger charge is -2.38. The first-order valence-electron chi connectivity index (χ1n) is 8.97. The lowest BCUT2D eigenvalue weighted by Crippen LogP contribution is -2.38. The van der Waals surface area contributed by atoms with E-state index in [0.29, 0.717) is 6.07 Å². The van der Waals surface area contributed by atoms with Crippen molar-refractivity contribution in [2.24, 2.45) is 23.7 Å². The number of alkyl halides is 3. The standard InChI is InChI=1S/C20H14F3NO4/c21-20(22,23)13-8-15(25)28-14-7-11(5-6-12(13)14)24-18(26)16-9-1-2-10(4-3-9)17(16)19(24)27/h1-2,5-10,16-17H,3-4H2/t9-,10+,16-,17+. The van der Waals surface area contributed by atoms with Crippen LogP contribution in [-0.2, 0) is 15.8 Å². The molecule has 1 aliphatic heterocycles. The Morgan fingerprint density at radius 2 is 1.54 bits per heavy atom. The summed E-state index contributed by atoms with van der Waals surface area (Å²) >= 11 is 0. The molecule has 1 aromatic carbocycles. The number of hydrogen-bond acceptors (Lipinski definition) is 4. The molecule has 8 heteroatoms. The summed E-state index contributed by atoms with van der Waals surface area (Å²) < 4.78 is 44.6. The van der Waals surface area contributed by atoms with Crippen LogP contribution >= 0.6 is 0 Å². The summed E-state index contributed by atoms with van der Waals surface area (Å²) in [6.45, 7) is 0. The van der Waals surface area contributed by atoms with E-state index in [0.717, 1.165) is 29.9 Å². The molecule has 2 aromatic rings. The van der Waals surface area contributed by atoms with Crippen LogP contribution in [0.1, 0.15) is 18.4 Å². The van der Waals surface area contributed by atoms with E-state index >= 15 is 0 Å².